The number of aromatic nitrogens is 1. The van der Waals surface area contributed by atoms with E-state index in [1.165, 1.54) is 4.88 Å². The maximum Gasteiger partial charge on any atom is 0.256 e. The van der Waals surface area contributed by atoms with Crippen LogP contribution in [0.25, 0.3) is 0 Å². The first-order chi connectivity index (χ1) is 8.69. The smallest absolute Gasteiger partial charge is 0.256 e. The molecule has 0 aliphatic heterocycles. The zero-order valence-electron chi connectivity index (χ0n) is 10.2. The van der Waals surface area contributed by atoms with Crippen LogP contribution in [-0.4, -0.2) is 16.7 Å². The molecule has 0 fully saturated rings. The Morgan fingerprint density at radius 2 is 2.28 bits per heavy atom. The molecule has 5 heteroatoms. The Balaban J connectivity index is 1.96. The number of thioether (sulfide) groups is 1. The first-order valence-electron chi connectivity index (χ1n) is 5.44. The third-order valence-corrected chi connectivity index (χ3v) is 4.36. The maximum atomic E-state index is 8.62. The molecule has 0 aromatic carbocycles. The van der Waals surface area contributed by atoms with Gasteiger partial charge in [0.15, 0.2) is 0 Å². The van der Waals surface area contributed by atoms with E-state index in [2.05, 4.69) is 16.8 Å². The highest BCUT2D eigenvalue weighted by atomic mass is 32.2. The van der Waals surface area contributed by atoms with Gasteiger partial charge in [-0.25, -0.2) is 4.98 Å². The zero-order chi connectivity index (χ0) is 13.0. The molecule has 2 aromatic rings. The van der Waals surface area contributed by atoms with Gasteiger partial charge >= 0.3 is 0 Å². The average Bonchev–Trinajstić information content (AvgIpc) is 2.92. The van der Waals surface area contributed by atoms with E-state index in [0.29, 0.717) is 5.22 Å². The van der Waals surface area contributed by atoms with E-state index in [9.17, 15) is 0 Å². The van der Waals surface area contributed by atoms with Crippen molar-refractivity contribution < 1.29 is 9.52 Å². The Labute approximate surface area is 114 Å². The third-order valence-electron chi connectivity index (χ3n) is 2.30. The standard InChI is InChI=1S/C13H13NO2S2/c1-9-10(2)16-13(14-9)17-8-12-6-5-11(18-12)4-3-7-15/h5-6,15H,7-8H2,1-2H3. The Hall–Kier alpha value is -1.22. The molecule has 0 saturated heterocycles. The van der Waals surface area contributed by atoms with Crippen LogP contribution in [0.5, 0.6) is 0 Å². The van der Waals surface area contributed by atoms with Crippen LogP contribution in [-0.2, 0) is 5.75 Å². The van der Waals surface area contributed by atoms with E-state index in [1.54, 1.807) is 23.1 Å². The summed E-state index contributed by atoms with van der Waals surface area (Å²) >= 11 is 3.21. The molecule has 0 spiro atoms. The van der Waals surface area contributed by atoms with Gasteiger partial charge in [0, 0.05) is 10.6 Å². The molecule has 0 saturated carbocycles. The lowest BCUT2D eigenvalue weighted by Gasteiger charge is -1.92. The molecular weight excluding hydrogens is 266 g/mol. The summed E-state index contributed by atoms with van der Waals surface area (Å²) in [6, 6.07) is 4.01. The van der Waals surface area contributed by atoms with Crippen molar-refractivity contribution in [3.05, 3.63) is 33.3 Å². The fourth-order valence-electron chi connectivity index (χ4n) is 1.29. The molecule has 0 radical (unpaired) electrons. The van der Waals surface area contributed by atoms with E-state index in [0.717, 1.165) is 22.1 Å². The Kier molecular flexibility index (Phi) is 4.48. The van der Waals surface area contributed by atoms with E-state index < -0.39 is 0 Å². The summed E-state index contributed by atoms with van der Waals surface area (Å²) in [5.74, 6) is 7.23. The number of nitrogens with zero attached hydrogens (tertiary/aromatic N) is 1. The summed E-state index contributed by atoms with van der Waals surface area (Å²) in [5, 5.41) is 9.33. The van der Waals surface area contributed by atoms with Crippen LogP contribution in [0.15, 0.2) is 21.8 Å². The van der Waals surface area contributed by atoms with Crippen LogP contribution in [0.3, 0.4) is 0 Å². The van der Waals surface area contributed by atoms with Crippen molar-refractivity contribution in [3.8, 4) is 11.8 Å². The molecule has 18 heavy (non-hydrogen) atoms. The number of aryl methyl sites for hydroxylation is 2. The van der Waals surface area contributed by atoms with Gasteiger partial charge in [-0.3, -0.25) is 0 Å². The predicted octanol–water partition coefficient (Wildman–Crippen LogP) is 2.99. The van der Waals surface area contributed by atoms with Crippen molar-refractivity contribution in [1.29, 1.82) is 0 Å². The van der Waals surface area contributed by atoms with Crippen LogP contribution in [0, 0.1) is 25.7 Å². The second kappa shape index (κ2) is 6.10. The number of aliphatic hydroxyl groups is 1. The van der Waals surface area contributed by atoms with Crippen molar-refractivity contribution in [2.24, 2.45) is 0 Å². The molecule has 3 nitrogen and oxygen atoms in total. The molecule has 2 heterocycles. The fraction of sp³-hybridized carbons (Fsp3) is 0.308. The normalized spacial score (nSPS) is 10.2. The lowest BCUT2D eigenvalue weighted by Crippen LogP contribution is -1.75. The van der Waals surface area contributed by atoms with E-state index in [-0.39, 0.29) is 6.61 Å². The molecule has 2 rings (SSSR count). The van der Waals surface area contributed by atoms with Crippen molar-refractivity contribution in [3.63, 3.8) is 0 Å². The monoisotopic (exact) mass is 279 g/mol. The largest absolute Gasteiger partial charge is 0.437 e. The minimum absolute atomic E-state index is 0.100. The molecule has 0 aliphatic rings. The van der Waals surface area contributed by atoms with Crippen LogP contribution >= 0.6 is 23.1 Å². The van der Waals surface area contributed by atoms with Crippen LogP contribution in [0.2, 0.25) is 0 Å². The summed E-state index contributed by atoms with van der Waals surface area (Å²) < 4.78 is 5.50. The van der Waals surface area contributed by atoms with Crippen LogP contribution in [0.4, 0.5) is 0 Å². The zero-order valence-corrected chi connectivity index (χ0v) is 11.8. The summed E-state index contributed by atoms with van der Waals surface area (Å²) in [6.07, 6.45) is 0. The summed E-state index contributed by atoms with van der Waals surface area (Å²) in [5.41, 5.74) is 0.943. The number of aliphatic hydroxyl groups excluding tert-OH is 1. The van der Waals surface area contributed by atoms with Gasteiger partial charge in [0.25, 0.3) is 5.22 Å². The maximum absolute atomic E-state index is 8.62. The van der Waals surface area contributed by atoms with Crippen LogP contribution < -0.4 is 0 Å². The van der Waals surface area contributed by atoms with Crippen LogP contribution in [0.1, 0.15) is 21.2 Å². The first-order valence-corrected chi connectivity index (χ1v) is 7.24. The summed E-state index contributed by atoms with van der Waals surface area (Å²) in [4.78, 5) is 6.51. The molecule has 0 aliphatic carbocycles. The lowest BCUT2D eigenvalue weighted by molar-refractivity contribution is 0.350. The number of oxazole rings is 1. The van der Waals surface area contributed by atoms with E-state index in [1.807, 2.05) is 26.0 Å². The summed E-state index contributed by atoms with van der Waals surface area (Å²) in [6.45, 7) is 3.76. The fourth-order valence-corrected chi connectivity index (χ4v) is 3.12. The van der Waals surface area contributed by atoms with Gasteiger partial charge in [-0.1, -0.05) is 23.6 Å². The molecule has 94 valence electrons. The number of hydrogen-bond donors (Lipinski definition) is 1. The van der Waals surface area contributed by atoms with Crippen molar-refractivity contribution in [1.82, 2.24) is 4.98 Å². The molecule has 1 N–H and O–H groups in total. The molecule has 0 bridgehead atoms. The van der Waals surface area contributed by atoms with Gasteiger partial charge in [0.2, 0.25) is 0 Å². The lowest BCUT2D eigenvalue weighted by atomic mass is 10.4. The molecular formula is C13H13NO2S2. The quantitative estimate of drug-likeness (QED) is 0.693. The third kappa shape index (κ3) is 3.39. The van der Waals surface area contributed by atoms with Gasteiger partial charge < -0.3 is 9.52 Å². The SMILES string of the molecule is Cc1nc(SCc2ccc(C#CCO)s2)oc1C. The minimum Gasteiger partial charge on any atom is -0.437 e. The van der Waals surface area contributed by atoms with Gasteiger partial charge in [0.1, 0.15) is 12.4 Å². The van der Waals surface area contributed by atoms with Gasteiger partial charge in [-0.2, -0.15) is 0 Å². The topological polar surface area (TPSA) is 46.3 Å². The summed E-state index contributed by atoms with van der Waals surface area (Å²) in [7, 11) is 0. The number of thiophene rings is 1. The second-order valence-corrected chi connectivity index (χ2v) is 5.73. The highest BCUT2D eigenvalue weighted by molar-refractivity contribution is 7.98. The Morgan fingerprint density at radius 3 is 2.94 bits per heavy atom. The molecule has 0 unspecified atom stereocenters. The van der Waals surface area contributed by atoms with E-state index in [4.69, 9.17) is 9.52 Å². The average molecular weight is 279 g/mol. The molecule has 0 amide bonds. The Bertz CT molecular complexity index is 570. The predicted molar refractivity (Wildman–Crippen MR) is 73.8 cm³/mol. The van der Waals surface area contributed by atoms with Gasteiger partial charge in [-0.05, 0) is 26.0 Å². The number of rotatable bonds is 3. The second-order valence-electron chi connectivity index (χ2n) is 3.64. The minimum atomic E-state index is -0.100. The van der Waals surface area contributed by atoms with Crippen molar-refractivity contribution in [2.75, 3.05) is 6.61 Å². The van der Waals surface area contributed by atoms with Crippen molar-refractivity contribution in [2.45, 2.75) is 24.8 Å². The first kappa shape index (κ1) is 13.2. The number of hydrogen-bond acceptors (Lipinski definition) is 5. The molecule has 0 atom stereocenters. The van der Waals surface area contributed by atoms with Gasteiger partial charge in [0.05, 0.1) is 10.6 Å². The highest BCUT2D eigenvalue weighted by Crippen LogP contribution is 2.27. The highest BCUT2D eigenvalue weighted by Gasteiger charge is 2.07. The molecule has 2 aromatic heterocycles. The van der Waals surface area contributed by atoms with Crippen molar-refractivity contribution >= 4 is 23.1 Å². The van der Waals surface area contributed by atoms with Gasteiger partial charge in [-0.15, -0.1) is 11.3 Å². The Morgan fingerprint density at radius 1 is 1.44 bits per heavy atom. The van der Waals surface area contributed by atoms with E-state index >= 15 is 0 Å².